The van der Waals surface area contributed by atoms with Gasteiger partial charge in [0.2, 0.25) is 0 Å². The second-order valence-electron chi connectivity index (χ2n) is 3.33. The molecule has 0 fully saturated rings. The van der Waals surface area contributed by atoms with Gasteiger partial charge in [-0.25, -0.2) is 0 Å². The summed E-state index contributed by atoms with van der Waals surface area (Å²) in [6.45, 7) is 2.70. The lowest BCUT2D eigenvalue weighted by molar-refractivity contribution is 0.467. The SMILES string of the molecule is CCc1cc(Cl)c(O)c(CCCN)c1. The maximum absolute atomic E-state index is 9.67. The van der Waals surface area contributed by atoms with Gasteiger partial charge >= 0.3 is 0 Å². The standard InChI is InChI=1S/C11H16ClNO/c1-2-8-6-9(4-3-5-13)11(14)10(12)7-8/h6-7,14H,2-5,13H2,1H3. The van der Waals surface area contributed by atoms with Crippen molar-refractivity contribution in [2.45, 2.75) is 26.2 Å². The molecule has 0 saturated heterocycles. The minimum absolute atomic E-state index is 0.206. The van der Waals surface area contributed by atoms with Gasteiger partial charge in [0.15, 0.2) is 0 Å². The highest BCUT2D eigenvalue weighted by Crippen LogP contribution is 2.30. The van der Waals surface area contributed by atoms with Crippen molar-refractivity contribution in [2.75, 3.05) is 6.54 Å². The summed E-state index contributed by atoms with van der Waals surface area (Å²) in [7, 11) is 0. The maximum atomic E-state index is 9.67. The van der Waals surface area contributed by atoms with E-state index in [-0.39, 0.29) is 5.75 Å². The first-order valence-electron chi connectivity index (χ1n) is 4.89. The highest BCUT2D eigenvalue weighted by Gasteiger charge is 2.07. The first kappa shape index (κ1) is 11.3. The Bertz CT molecular complexity index is 312. The fourth-order valence-electron chi connectivity index (χ4n) is 1.41. The van der Waals surface area contributed by atoms with E-state index in [0.29, 0.717) is 11.6 Å². The van der Waals surface area contributed by atoms with Gasteiger partial charge in [0.1, 0.15) is 5.75 Å². The number of phenols is 1. The molecule has 0 bridgehead atoms. The number of halogens is 1. The van der Waals surface area contributed by atoms with Crippen molar-refractivity contribution in [3.05, 3.63) is 28.3 Å². The van der Waals surface area contributed by atoms with Gasteiger partial charge in [-0.2, -0.15) is 0 Å². The predicted molar refractivity (Wildman–Crippen MR) is 59.9 cm³/mol. The van der Waals surface area contributed by atoms with E-state index in [1.54, 1.807) is 0 Å². The summed E-state index contributed by atoms with van der Waals surface area (Å²) in [5.74, 6) is 0.206. The molecule has 0 amide bonds. The number of rotatable bonds is 4. The molecule has 2 nitrogen and oxygen atoms in total. The van der Waals surface area contributed by atoms with Gasteiger partial charge in [0.25, 0.3) is 0 Å². The fraction of sp³-hybridized carbons (Fsp3) is 0.455. The van der Waals surface area contributed by atoms with Crippen LogP contribution in [0.15, 0.2) is 12.1 Å². The molecule has 0 spiro atoms. The minimum atomic E-state index is 0.206. The van der Waals surface area contributed by atoms with Gasteiger partial charge in [0.05, 0.1) is 5.02 Å². The maximum Gasteiger partial charge on any atom is 0.137 e. The molecule has 14 heavy (non-hydrogen) atoms. The van der Waals surface area contributed by atoms with Crippen LogP contribution >= 0.6 is 11.6 Å². The second kappa shape index (κ2) is 5.23. The normalized spacial score (nSPS) is 10.5. The number of hydrogen-bond acceptors (Lipinski definition) is 2. The van der Waals surface area contributed by atoms with E-state index in [2.05, 4.69) is 6.92 Å². The lowest BCUT2D eigenvalue weighted by Gasteiger charge is -2.08. The predicted octanol–water partition coefficient (Wildman–Crippen LogP) is 2.50. The number of hydrogen-bond donors (Lipinski definition) is 2. The van der Waals surface area contributed by atoms with Gasteiger partial charge in [0, 0.05) is 0 Å². The lowest BCUT2D eigenvalue weighted by atomic mass is 10.0. The van der Waals surface area contributed by atoms with E-state index in [9.17, 15) is 5.11 Å². The number of aryl methyl sites for hydroxylation is 2. The molecule has 0 unspecified atom stereocenters. The highest BCUT2D eigenvalue weighted by atomic mass is 35.5. The molecule has 1 aromatic rings. The number of aromatic hydroxyl groups is 1. The number of phenolic OH excluding ortho intramolecular Hbond substituents is 1. The molecule has 1 rings (SSSR count). The fourth-order valence-corrected chi connectivity index (χ4v) is 1.67. The summed E-state index contributed by atoms with van der Waals surface area (Å²) >= 11 is 5.90. The summed E-state index contributed by atoms with van der Waals surface area (Å²) < 4.78 is 0. The van der Waals surface area contributed by atoms with E-state index < -0.39 is 0 Å². The van der Waals surface area contributed by atoms with Crippen LogP contribution in [0.25, 0.3) is 0 Å². The van der Waals surface area contributed by atoms with Crippen molar-refractivity contribution in [1.82, 2.24) is 0 Å². The molecular weight excluding hydrogens is 198 g/mol. The Morgan fingerprint density at radius 2 is 2.14 bits per heavy atom. The largest absolute Gasteiger partial charge is 0.506 e. The van der Waals surface area contributed by atoms with Crippen molar-refractivity contribution in [1.29, 1.82) is 0 Å². The van der Waals surface area contributed by atoms with Gasteiger partial charge in [-0.15, -0.1) is 0 Å². The first-order chi connectivity index (χ1) is 6.69. The van der Waals surface area contributed by atoms with Crippen LogP contribution in [0.1, 0.15) is 24.5 Å². The molecule has 0 heterocycles. The molecular formula is C11H16ClNO. The smallest absolute Gasteiger partial charge is 0.137 e. The zero-order valence-corrected chi connectivity index (χ0v) is 9.14. The third-order valence-electron chi connectivity index (χ3n) is 2.26. The molecule has 0 radical (unpaired) electrons. The summed E-state index contributed by atoms with van der Waals surface area (Å²) in [5.41, 5.74) is 7.48. The third-order valence-corrected chi connectivity index (χ3v) is 2.55. The summed E-state index contributed by atoms with van der Waals surface area (Å²) in [6, 6.07) is 3.81. The Morgan fingerprint density at radius 3 is 2.71 bits per heavy atom. The van der Waals surface area contributed by atoms with Crippen LogP contribution in [-0.2, 0) is 12.8 Å². The molecule has 0 atom stereocenters. The Balaban J connectivity index is 2.95. The average molecular weight is 214 g/mol. The zero-order valence-electron chi connectivity index (χ0n) is 8.39. The monoisotopic (exact) mass is 213 g/mol. The van der Waals surface area contributed by atoms with Crippen LogP contribution in [0.3, 0.4) is 0 Å². The molecule has 0 aliphatic carbocycles. The molecule has 3 N–H and O–H groups in total. The van der Waals surface area contributed by atoms with Crippen molar-refractivity contribution in [3.63, 3.8) is 0 Å². The highest BCUT2D eigenvalue weighted by molar-refractivity contribution is 6.32. The third kappa shape index (κ3) is 2.63. The van der Waals surface area contributed by atoms with Crippen molar-refractivity contribution >= 4 is 11.6 Å². The minimum Gasteiger partial charge on any atom is -0.506 e. The molecule has 0 aromatic heterocycles. The molecule has 0 aliphatic heterocycles. The molecule has 0 saturated carbocycles. The Labute approximate surface area is 89.7 Å². The topological polar surface area (TPSA) is 46.2 Å². The van der Waals surface area contributed by atoms with Crippen LogP contribution in [0.2, 0.25) is 5.02 Å². The van der Waals surface area contributed by atoms with Crippen molar-refractivity contribution < 1.29 is 5.11 Å². The van der Waals surface area contributed by atoms with E-state index in [0.717, 1.165) is 30.4 Å². The van der Waals surface area contributed by atoms with Crippen molar-refractivity contribution in [3.8, 4) is 5.75 Å². The lowest BCUT2D eigenvalue weighted by Crippen LogP contribution is -2.01. The van der Waals surface area contributed by atoms with Gasteiger partial charge < -0.3 is 10.8 Å². The molecule has 78 valence electrons. The van der Waals surface area contributed by atoms with E-state index in [4.69, 9.17) is 17.3 Å². The summed E-state index contributed by atoms with van der Waals surface area (Å²) in [4.78, 5) is 0. The van der Waals surface area contributed by atoms with Gasteiger partial charge in [-0.3, -0.25) is 0 Å². The first-order valence-corrected chi connectivity index (χ1v) is 5.27. The van der Waals surface area contributed by atoms with Crippen LogP contribution in [0, 0.1) is 0 Å². The summed E-state index contributed by atoms with van der Waals surface area (Å²) in [5, 5.41) is 10.1. The van der Waals surface area contributed by atoms with Gasteiger partial charge in [-0.1, -0.05) is 24.6 Å². The van der Waals surface area contributed by atoms with Crippen LogP contribution in [0.4, 0.5) is 0 Å². The Morgan fingerprint density at radius 1 is 1.43 bits per heavy atom. The second-order valence-corrected chi connectivity index (χ2v) is 3.74. The van der Waals surface area contributed by atoms with Crippen molar-refractivity contribution in [2.24, 2.45) is 5.73 Å². The van der Waals surface area contributed by atoms with Crippen LogP contribution in [-0.4, -0.2) is 11.7 Å². The Kier molecular flexibility index (Phi) is 4.23. The van der Waals surface area contributed by atoms with Gasteiger partial charge in [-0.05, 0) is 43.0 Å². The molecule has 1 aromatic carbocycles. The van der Waals surface area contributed by atoms with E-state index in [1.807, 2.05) is 12.1 Å². The quantitative estimate of drug-likeness (QED) is 0.808. The number of benzene rings is 1. The number of nitrogens with two attached hydrogens (primary N) is 1. The zero-order chi connectivity index (χ0) is 10.6. The molecule has 0 aliphatic rings. The average Bonchev–Trinajstić information content (AvgIpc) is 2.20. The Hall–Kier alpha value is -0.730. The van der Waals surface area contributed by atoms with Crippen LogP contribution < -0.4 is 5.73 Å². The van der Waals surface area contributed by atoms with Crippen LogP contribution in [0.5, 0.6) is 5.75 Å². The van der Waals surface area contributed by atoms with E-state index in [1.165, 1.54) is 0 Å². The summed E-state index contributed by atoms with van der Waals surface area (Å²) in [6.07, 6.45) is 2.59. The van der Waals surface area contributed by atoms with E-state index >= 15 is 0 Å². The molecule has 3 heteroatoms.